The molecule has 3 nitrogen and oxygen atoms in total. The summed E-state index contributed by atoms with van der Waals surface area (Å²) in [6, 6.07) is 14.3. The Morgan fingerprint density at radius 2 is 2.00 bits per heavy atom. The van der Waals surface area contributed by atoms with Crippen LogP contribution in [0, 0.1) is 0 Å². The molecule has 96 valence electrons. The molecule has 0 aliphatic carbocycles. The van der Waals surface area contributed by atoms with Gasteiger partial charge in [-0.3, -0.25) is 0 Å². The number of aliphatic imine (C=N–C) groups is 1. The second-order valence-electron chi connectivity index (χ2n) is 4.47. The fraction of sp³-hybridized carbons (Fsp3) is 0.188. The van der Waals surface area contributed by atoms with Crippen LogP contribution < -0.4 is 0 Å². The van der Waals surface area contributed by atoms with Gasteiger partial charge in [-0.05, 0) is 30.2 Å². The van der Waals surface area contributed by atoms with E-state index in [9.17, 15) is 0 Å². The van der Waals surface area contributed by atoms with Gasteiger partial charge in [0.25, 0.3) is 0 Å². The summed E-state index contributed by atoms with van der Waals surface area (Å²) in [4.78, 5) is 4.55. The smallest absolute Gasteiger partial charge is 0.209 e. The quantitative estimate of drug-likeness (QED) is 0.837. The van der Waals surface area contributed by atoms with Crippen LogP contribution in [-0.4, -0.2) is 18.5 Å². The van der Waals surface area contributed by atoms with Crippen molar-refractivity contribution in [1.82, 2.24) is 0 Å². The predicted molar refractivity (Wildman–Crippen MR) is 75.1 cm³/mol. The van der Waals surface area contributed by atoms with E-state index in [1.165, 1.54) is 5.56 Å². The minimum atomic E-state index is 0.207. The van der Waals surface area contributed by atoms with E-state index in [2.05, 4.69) is 17.1 Å². The van der Waals surface area contributed by atoms with Crippen molar-refractivity contribution in [3.05, 3.63) is 66.1 Å². The molecular weight excluding hydrogens is 238 g/mol. The number of hydrogen-bond donors (Lipinski definition) is 0. The third-order valence-electron chi connectivity index (χ3n) is 2.98. The summed E-state index contributed by atoms with van der Waals surface area (Å²) in [7, 11) is 0. The van der Waals surface area contributed by atoms with Gasteiger partial charge in [-0.1, -0.05) is 30.3 Å². The average molecular weight is 253 g/mol. The van der Waals surface area contributed by atoms with Crippen LogP contribution in [0.4, 0.5) is 0 Å². The highest BCUT2D eigenvalue weighted by molar-refractivity contribution is 5.92. The Kier molecular flexibility index (Phi) is 3.45. The van der Waals surface area contributed by atoms with E-state index >= 15 is 0 Å². The highest BCUT2D eigenvalue weighted by Crippen LogP contribution is 2.13. The average Bonchev–Trinajstić information content (AvgIpc) is 3.09. The maximum absolute atomic E-state index is 5.56. The van der Waals surface area contributed by atoms with Gasteiger partial charge < -0.3 is 9.15 Å². The summed E-state index contributed by atoms with van der Waals surface area (Å²) < 4.78 is 10.8. The molecule has 1 aliphatic rings. The molecule has 0 N–H and O–H groups in total. The van der Waals surface area contributed by atoms with Crippen molar-refractivity contribution in [2.75, 3.05) is 6.61 Å². The highest BCUT2D eigenvalue weighted by Gasteiger charge is 2.17. The van der Waals surface area contributed by atoms with E-state index in [1.807, 2.05) is 42.5 Å². The highest BCUT2D eigenvalue weighted by atomic mass is 16.5. The first kappa shape index (κ1) is 11.8. The van der Waals surface area contributed by atoms with Gasteiger partial charge in [0.2, 0.25) is 5.90 Å². The maximum Gasteiger partial charge on any atom is 0.209 e. The van der Waals surface area contributed by atoms with Crippen LogP contribution >= 0.6 is 0 Å². The molecule has 1 atom stereocenters. The Bertz CT molecular complexity index is 570. The number of benzene rings is 1. The number of furan rings is 1. The standard InChI is InChI=1S/C16H15NO2/c1-2-5-13(6-3-1)11-14-12-19-16(17-14)9-8-15-7-4-10-18-15/h1-10,14H,11-12H2/b9-8+/t14-/m0/s1. The van der Waals surface area contributed by atoms with Crippen LogP contribution in [0.3, 0.4) is 0 Å². The van der Waals surface area contributed by atoms with E-state index in [0.717, 1.165) is 12.2 Å². The van der Waals surface area contributed by atoms with Crippen LogP contribution in [0.5, 0.6) is 0 Å². The molecule has 0 bridgehead atoms. The molecule has 0 radical (unpaired) electrons. The molecule has 0 unspecified atom stereocenters. The van der Waals surface area contributed by atoms with Gasteiger partial charge in [-0.2, -0.15) is 0 Å². The molecule has 2 aromatic rings. The Balaban J connectivity index is 1.62. The molecule has 3 heteroatoms. The molecule has 0 saturated heterocycles. The Labute approximate surface area is 112 Å². The first-order chi connectivity index (χ1) is 9.40. The van der Waals surface area contributed by atoms with Crippen LogP contribution in [0.25, 0.3) is 6.08 Å². The first-order valence-electron chi connectivity index (χ1n) is 6.36. The van der Waals surface area contributed by atoms with Crippen LogP contribution in [0.1, 0.15) is 11.3 Å². The zero-order chi connectivity index (χ0) is 12.9. The zero-order valence-electron chi connectivity index (χ0n) is 10.5. The van der Waals surface area contributed by atoms with Crippen molar-refractivity contribution in [1.29, 1.82) is 0 Å². The molecule has 19 heavy (non-hydrogen) atoms. The summed E-state index contributed by atoms with van der Waals surface area (Å²) in [6.07, 6.45) is 6.28. The summed E-state index contributed by atoms with van der Waals surface area (Å²) >= 11 is 0. The maximum atomic E-state index is 5.56. The van der Waals surface area contributed by atoms with Gasteiger partial charge >= 0.3 is 0 Å². The van der Waals surface area contributed by atoms with Crippen LogP contribution in [0.15, 0.2) is 64.2 Å². The van der Waals surface area contributed by atoms with E-state index in [0.29, 0.717) is 12.5 Å². The summed E-state index contributed by atoms with van der Waals surface area (Å²) in [5.74, 6) is 1.48. The lowest BCUT2D eigenvalue weighted by atomic mass is 10.1. The Morgan fingerprint density at radius 3 is 2.79 bits per heavy atom. The zero-order valence-corrected chi connectivity index (χ0v) is 10.5. The van der Waals surface area contributed by atoms with Crippen molar-refractivity contribution >= 4 is 12.0 Å². The van der Waals surface area contributed by atoms with Gasteiger partial charge in [0.05, 0.1) is 12.3 Å². The molecule has 0 saturated carbocycles. The third kappa shape index (κ3) is 3.13. The lowest BCUT2D eigenvalue weighted by Crippen LogP contribution is -2.09. The van der Waals surface area contributed by atoms with Gasteiger partial charge in [0.1, 0.15) is 12.4 Å². The molecule has 1 aliphatic heterocycles. The van der Waals surface area contributed by atoms with Gasteiger partial charge in [-0.25, -0.2) is 4.99 Å². The Hall–Kier alpha value is -2.29. The first-order valence-corrected chi connectivity index (χ1v) is 6.36. The molecule has 2 heterocycles. The monoisotopic (exact) mass is 253 g/mol. The molecule has 0 amide bonds. The lowest BCUT2D eigenvalue weighted by Gasteiger charge is -2.03. The van der Waals surface area contributed by atoms with E-state index < -0.39 is 0 Å². The third-order valence-corrected chi connectivity index (χ3v) is 2.98. The summed E-state index contributed by atoms with van der Waals surface area (Å²) in [5, 5.41) is 0. The summed E-state index contributed by atoms with van der Waals surface area (Å²) in [5.41, 5.74) is 1.29. The lowest BCUT2D eigenvalue weighted by molar-refractivity contribution is 0.318. The van der Waals surface area contributed by atoms with Crippen LogP contribution in [-0.2, 0) is 11.2 Å². The van der Waals surface area contributed by atoms with Crippen molar-refractivity contribution < 1.29 is 9.15 Å². The van der Waals surface area contributed by atoms with Crippen molar-refractivity contribution in [2.45, 2.75) is 12.5 Å². The summed E-state index contributed by atoms with van der Waals surface area (Å²) in [6.45, 7) is 0.646. The molecule has 1 aromatic carbocycles. The number of ether oxygens (including phenoxy) is 1. The van der Waals surface area contributed by atoms with Crippen LogP contribution in [0.2, 0.25) is 0 Å². The number of nitrogens with zero attached hydrogens (tertiary/aromatic N) is 1. The normalized spacial score (nSPS) is 18.5. The fourth-order valence-electron chi connectivity index (χ4n) is 2.06. The minimum absolute atomic E-state index is 0.207. The second-order valence-corrected chi connectivity index (χ2v) is 4.47. The largest absolute Gasteiger partial charge is 0.476 e. The molecule has 1 aromatic heterocycles. The van der Waals surface area contributed by atoms with Gasteiger partial charge in [-0.15, -0.1) is 0 Å². The topological polar surface area (TPSA) is 34.7 Å². The molecule has 0 fully saturated rings. The predicted octanol–water partition coefficient (Wildman–Crippen LogP) is 3.33. The van der Waals surface area contributed by atoms with E-state index in [1.54, 1.807) is 6.26 Å². The second kappa shape index (κ2) is 5.57. The SMILES string of the molecule is C(=C\c1ccco1)/C1=N[C@@H](Cc2ccccc2)CO1. The van der Waals surface area contributed by atoms with Crippen molar-refractivity contribution in [2.24, 2.45) is 4.99 Å². The van der Waals surface area contributed by atoms with E-state index in [4.69, 9.17) is 9.15 Å². The molecule has 0 spiro atoms. The molecule has 3 rings (SSSR count). The minimum Gasteiger partial charge on any atom is -0.476 e. The number of rotatable bonds is 4. The Morgan fingerprint density at radius 1 is 1.11 bits per heavy atom. The van der Waals surface area contributed by atoms with Crippen molar-refractivity contribution in [3.8, 4) is 0 Å². The fourth-order valence-corrected chi connectivity index (χ4v) is 2.06. The van der Waals surface area contributed by atoms with E-state index in [-0.39, 0.29) is 6.04 Å². The molecular formula is C16H15NO2. The van der Waals surface area contributed by atoms with Gasteiger partial charge in [0, 0.05) is 6.08 Å². The number of hydrogen-bond acceptors (Lipinski definition) is 3. The van der Waals surface area contributed by atoms with Crippen molar-refractivity contribution in [3.63, 3.8) is 0 Å². The van der Waals surface area contributed by atoms with Gasteiger partial charge in [0.15, 0.2) is 0 Å².